The van der Waals surface area contributed by atoms with Crippen molar-refractivity contribution in [1.29, 1.82) is 0 Å². The second kappa shape index (κ2) is 10.1. The molecule has 1 aliphatic rings. The van der Waals surface area contributed by atoms with Crippen LogP contribution in [0.15, 0.2) is 53.4 Å². The molecule has 3 rings (SSSR count). The van der Waals surface area contributed by atoms with E-state index in [2.05, 4.69) is 4.72 Å². The van der Waals surface area contributed by atoms with E-state index in [9.17, 15) is 18.0 Å². The number of hydrogen-bond donors (Lipinski definition) is 1. The van der Waals surface area contributed by atoms with Crippen LogP contribution in [0.2, 0.25) is 0 Å². The average molecular weight is 461 g/mol. The van der Waals surface area contributed by atoms with Gasteiger partial charge in [0.15, 0.2) is 0 Å². The number of amides is 1. The smallest absolute Gasteiger partial charge is 0.310 e. The zero-order chi connectivity index (χ0) is 23.3. The Morgan fingerprint density at radius 3 is 2.41 bits per heavy atom. The van der Waals surface area contributed by atoms with Gasteiger partial charge >= 0.3 is 5.97 Å². The summed E-state index contributed by atoms with van der Waals surface area (Å²) < 4.78 is 38.3. The fraction of sp³-hybridized carbons (Fsp3) is 0.391. The van der Waals surface area contributed by atoms with Gasteiger partial charge in [-0.05, 0) is 36.6 Å². The minimum atomic E-state index is -3.84. The topological polar surface area (TPSA) is 102 Å². The van der Waals surface area contributed by atoms with E-state index in [0.717, 1.165) is 18.4 Å². The van der Waals surface area contributed by atoms with E-state index in [-0.39, 0.29) is 35.3 Å². The van der Waals surface area contributed by atoms with E-state index in [1.807, 2.05) is 30.3 Å². The summed E-state index contributed by atoms with van der Waals surface area (Å²) in [7, 11) is -1.16. The number of nitrogens with zero attached hydrogens (tertiary/aromatic N) is 1. The van der Waals surface area contributed by atoms with Crippen molar-refractivity contribution in [3.05, 3.63) is 59.7 Å². The van der Waals surface area contributed by atoms with Crippen molar-refractivity contribution in [1.82, 2.24) is 9.62 Å². The number of carbonyl (C=O) groups is 2. The van der Waals surface area contributed by atoms with Crippen LogP contribution in [0.5, 0.6) is 5.75 Å². The van der Waals surface area contributed by atoms with Gasteiger partial charge in [0.1, 0.15) is 10.6 Å². The van der Waals surface area contributed by atoms with Crippen LogP contribution in [0.25, 0.3) is 0 Å². The summed E-state index contributed by atoms with van der Waals surface area (Å²) in [4.78, 5) is 26.8. The summed E-state index contributed by atoms with van der Waals surface area (Å²) in [6, 6.07) is 13.6. The molecule has 1 fully saturated rings. The number of sulfonamides is 1. The standard InChI is InChI=1S/C23H28N2O6S/c1-16(23(27)31-3)14-25(15-17-7-5-4-6-8-17)22(26)18-9-12-20(30-2)21(13-18)32(28,29)24-19-10-11-19/h4-9,12-13,16,19,24H,10-11,14-15H2,1-3H3. The van der Waals surface area contributed by atoms with Crippen molar-refractivity contribution in [2.45, 2.75) is 37.2 Å². The SMILES string of the molecule is COC(=O)C(C)CN(Cc1ccccc1)C(=O)c1ccc(OC)c(S(=O)(=O)NC2CC2)c1. The van der Waals surface area contributed by atoms with E-state index < -0.39 is 27.8 Å². The zero-order valence-corrected chi connectivity index (χ0v) is 19.2. The van der Waals surface area contributed by atoms with Gasteiger partial charge in [-0.25, -0.2) is 13.1 Å². The summed E-state index contributed by atoms with van der Waals surface area (Å²) in [6.45, 7) is 2.06. The number of nitrogens with one attached hydrogen (secondary N) is 1. The third kappa shape index (κ3) is 5.86. The molecule has 1 unspecified atom stereocenters. The first-order valence-electron chi connectivity index (χ1n) is 10.4. The molecule has 2 aromatic rings. The Labute approximate surface area is 188 Å². The summed E-state index contributed by atoms with van der Waals surface area (Å²) >= 11 is 0. The van der Waals surface area contributed by atoms with Crippen LogP contribution in [-0.4, -0.2) is 52.0 Å². The molecule has 0 bridgehead atoms. The van der Waals surface area contributed by atoms with Crippen LogP contribution in [0.1, 0.15) is 35.7 Å². The minimum absolute atomic E-state index is 0.0838. The van der Waals surface area contributed by atoms with Crippen LogP contribution in [0, 0.1) is 5.92 Å². The van der Waals surface area contributed by atoms with Crippen LogP contribution >= 0.6 is 0 Å². The van der Waals surface area contributed by atoms with Crippen molar-refractivity contribution in [3.63, 3.8) is 0 Å². The minimum Gasteiger partial charge on any atom is -0.495 e. The Morgan fingerprint density at radius 2 is 1.81 bits per heavy atom. The Balaban J connectivity index is 1.93. The van der Waals surface area contributed by atoms with Gasteiger partial charge in [-0.1, -0.05) is 37.3 Å². The van der Waals surface area contributed by atoms with Gasteiger partial charge in [0, 0.05) is 24.7 Å². The third-order valence-electron chi connectivity index (χ3n) is 5.20. The molecule has 0 aliphatic heterocycles. The zero-order valence-electron chi connectivity index (χ0n) is 18.4. The summed E-state index contributed by atoms with van der Waals surface area (Å²) in [5, 5.41) is 0. The molecule has 1 N–H and O–H groups in total. The maximum atomic E-state index is 13.4. The molecule has 0 spiro atoms. The quantitative estimate of drug-likeness (QED) is 0.547. The highest BCUT2D eigenvalue weighted by molar-refractivity contribution is 7.89. The van der Waals surface area contributed by atoms with E-state index in [0.29, 0.717) is 0 Å². The predicted molar refractivity (Wildman–Crippen MR) is 119 cm³/mol. The number of ether oxygens (including phenoxy) is 2. The van der Waals surface area contributed by atoms with Gasteiger partial charge in [-0.15, -0.1) is 0 Å². The highest BCUT2D eigenvalue weighted by atomic mass is 32.2. The van der Waals surface area contributed by atoms with Crippen molar-refractivity contribution in [3.8, 4) is 5.75 Å². The van der Waals surface area contributed by atoms with Gasteiger partial charge in [0.2, 0.25) is 10.0 Å². The van der Waals surface area contributed by atoms with Crippen LogP contribution in [-0.2, 0) is 26.1 Å². The molecule has 0 radical (unpaired) electrons. The Kier molecular flexibility index (Phi) is 7.52. The lowest BCUT2D eigenvalue weighted by Crippen LogP contribution is -2.37. The molecular formula is C23H28N2O6S. The fourth-order valence-electron chi connectivity index (χ4n) is 3.32. The molecule has 1 atom stereocenters. The molecule has 9 heteroatoms. The normalized spacial score (nSPS) is 14.5. The average Bonchev–Trinajstić information content (AvgIpc) is 3.61. The summed E-state index contributed by atoms with van der Waals surface area (Å²) in [5.74, 6) is -1.21. The Bertz CT molecular complexity index is 1070. The molecule has 0 heterocycles. The monoisotopic (exact) mass is 460 g/mol. The van der Waals surface area contributed by atoms with Crippen LogP contribution in [0.4, 0.5) is 0 Å². The highest BCUT2D eigenvalue weighted by Crippen LogP contribution is 2.29. The molecule has 8 nitrogen and oxygen atoms in total. The first-order valence-corrected chi connectivity index (χ1v) is 11.8. The Morgan fingerprint density at radius 1 is 1.12 bits per heavy atom. The van der Waals surface area contributed by atoms with E-state index >= 15 is 0 Å². The van der Waals surface area contributed by atoms with Gasteiger partial charge in [0.25, 0.3) is 5.91 Å². The largest absolute Gasteiger partial charge is 0.495 e. The molecular weight excluding hydrogens is 432 g/mol. The molecule has 0 aromatic heterocycles. The molecule has 1 aliphatic carbocycles. The van der Waals surface area contributed by atoms with Crippen molar-refractivity contribution < 1.29 is 27.5 Å². The van der Waals surface area contributed by atoms with Crippen molar-refractivity contribution in [2.24, 2.45) is 5.92 Å². The highest BCUT2D eigenvalue weighted by Gasteiger charge is 2.31. The predicted octanol–water partition coefficient (Wildman–Crippen LogP) is 2.59. The molecule has 1 saturated carbocycles. The van der Waals surface area contributed by atoms with Crippen LogP contribution in [0.3, 0.4) is 0 Å². The van der Waals surface area contributed by atoms with Gasteiger partial charge in [-0.2, -0.15) is 0 Å². The van der Waals surface area contributed by atoms with E-state index in [1.165, 1.54) is 37.3 Å². The van der Waals surface area contributed by atoms with Gasteiger partial charge in [0.05, 0.1) is 20.1 Å². The summed E-state index contributed by atoms with van der Waals surface area (Å²) in [5.41, 5.74) is 1.07. The number of rotatable bonds is 10. The molecule has 32 heavy (non-hydrogen) atoms. The third-order valence-corrected chi connectivity index (χ3v) is 6.74. The number of hydrogen-bond acceptors (Lipinski definition) is 6. The number of esters is 1. The van der Waals surface area contributed by atoms with E-state index in [1.54, 1.807) is 6.92 Å². The Hall–Kier alpha value is -2.91. The molecule has 2 aromatic carbocycles. The number of carbonyl (C=O) groups excluding carboxylic acids is 2. The van der Waals surface area contributed by atoms with Crippen molar-refractivity contribution >= 4 is 21.9 Å². The first-order chi connectivity index (χ1) is 15.2. The molecule has 172 valence electrons. The maximum Gasteiger partial charge on any atom is 0.310 e. The fourth-order valence-corrected chi connectivity index (χ4v) is 4.82. The van der Waals surface area contributed by atoms with Crippen molar-refractivity contribution in [2.75, 3.05) is 20.8 Å². The van der Waals surface area contributed by atoms with Gasteiger partial charge < -0.3 is 14.4 Å². The van der Waals surface area contributed by atoms with E-state index in [4.69, 9.17) is 9.47 Å². The molecule has 0 saturated heterocycles. The van der Waals surface area contributed by atoms with Gasteiger partial charge in [-0.3, -0.25) is 9.59 Å². The van der Waals surface area contributed by atoms with Crippen LogP contribution < -0.4 is 9.46 Å². The second-order valence-corrected chi connectivity index (χ2v) is 9.54. The summed E-state index contributed by atoms with van der Waals surface area (Å²) in [6.07, 6.45) is 1.58. The second-order valence-electron chi connectivity index (χ2n) is 7.86. The lowest BCUT2D eigenvalue weighted by Gasteiger charge is -2.26. The molecule has 1 amide bonds. The lowest BCUT2D eigenvalue weighted by atomic mass is 10.1. The number of methoxy groups -OCH3 is 2. The first kappa shape index (κ1) is 23.7. The number of benzene rings is 2. The lowest BCUT2D eigenvalue weighted by molar-refractivity contribution is -0.145. The maximum absolute atomic E-state index is 13.4.